The molecule has 4 N–H and O–H groups in total. The van der Waals surface area contributed by atoms with E-state index in [0.717, 1.165) is 42.3 Å². The third-order valence-electron chi connectivity index (χ3n) is 5.09. The predicted octanol–water partition coefficient (Wildman–Crippen LogP) is 2.93. The molecule has 0 spiro atoms. The number of nitrogens with two attached hydrogens (primary N) is 1. The minimum absolute atomic E-state index is 0.410. The maximum atomic E-state index is 12.0. The number of ether oxygens (including phenoxy) is 1. The lowest BCUT2D eigenvalue weighted by Crippen LogP contribution is -2.36. The standard InChI is InChI=1S/C22H25N5O3S/c1-14(28)15-2-4-16(5-3-15)18-12-17(21(23)29)22(31-18)26-19-6-7-24-20(25-19)13-27-8-10-30-11-9-27/h2-7,12,14,28H,8-11,13H2,1H3,(H2,23,29)(H,24,25,26)/t14-/m0/s1. The van der Waals surface area contributed by atoms with Gasteiger partial charge in [0.15, 0.2) is 0 Å². The first-order chi connectivity index (χ1) is 15.0. The highest BCUT2D eigenvalue weighted by atomic mass is 32.1. The first kappa shape index (κ1) is 21.4. The number of aromatic nitrogens is 2. The molecule has 1 aliphatic rings. The molecule has 9 heteroatoms. The van der Waals surface area contributed by atoms with Gasteiger partial charge in [-0.1, -0.05) is 24.3 Å². The third kappa shape index (κ3) is 5.26. The first-order valence-electron chi connectivity index (χ1n) is 10.1. The van der Waals surface area contributed by atoms with Crippen LogP contribution in [-0.4, -0.2) is 52.2 Å². The molecule has 31 heavy (non-hydrogen) atoms. The molecule has 0 saturated carbocycles. The molecule has 1 saturated heterocycles. The van der Waals surface area contributed by atoms with Crippen LogP contribution < -0.4 is 11.1 Å². The van der Waals surface area contributed by atoms with E-state index in [0.29, 0.717) is 28.8 Å². The number of amides is 1. The number of hydrogen-bond donors (Lipinski definition) is 3. The van der Waals surface area contributed by atoms with Crippen LogP contribution in [0.4, 0.5) is 10.8 Å². The number of carbonyl (C=O) groups excluding carboxylic acids is 1. The van der Waals surface area contributed by atoms with E-state index in [9.17, 15) is 9.90 Å². The Morgan fingerprint density at radius 2 is 2.03 bits per heavy atom. The summed E-state index contributed by atoms with van der Waals surface area (Å²) < 4.78 is 5.38. The van der Waals surface area contributed by atoms with Crippen LogP contribution in [0.1, 0.15) is 34.8 Å². The summed E-state index contributed by atoms with van der Waals surface area (Å²) in [5.74, 6) is 0.810. The fourth-order valence-corrected chi connectivity index (χ4v) is 4.43. The minimum Gasteiger partial charge on any atom is -0.389 e. The van der Waals surface area contributed by atoms with Gasteiger partial charge < -0.3 is 20.9 Å². The van der Waals surface area contributed by atoms with Crippen molar-refractivity contribution in [3.05, 3.63) is 59.5 Å². The lowest BCUT2D eigenvalue weighted by Gasteiger charge is -2.25. The maximum Gasteiger partial charge on any atom is 0.251 e. The van der Waals surface area contributed by atoms with E-state index in [1.807, 2.05) is 24.3 Å². The molecule has 8 nitrogen and oxygen atoms in total. The highest BCUT2D eigenvalue weighted by Gasteiger charge is 2.17. The summed E-state index contributed by atoms with van der Waals surface area (Å²) in [5, 5.41) is 13.6. The number of aliphatic hydroxyl groups is 1. The van der Waals surface area contributed by atoms with Crippen molar-refractivity contribution in [3.8, 4) is 10.4 Å². The van der Waals surface area contributed by atoms with E-state index in [-0.39, 0.29) is 0 Å². The summed E-state index contributed by atoms with van der Waals surface area (Å²) >= 11 is 1.43. The SMILES string of the molecule is C[C@H](O)c1ccc(-c2cc(C(N)=O)c(Nc3ccnc(CN4CCOCC4)n3)s2)cc1. The van der Waals surface area contributed by atoms with Gasteiger partial charge in [-0.2, -0.15) is 0 Å². The van der Waals surface area contributed by atoms with Crippen molar-refractivity contribution in [2.45, 2.75) is 19.6 Å². The number of hydrogen-bond acceptors (Lipinski definition) is 8. The van der Waals surface area contributed by atoms with E-state index in [1.165, 1.54) is 11.3 Å². The van der Waals surface area contributed by atoms with Crippen molar-refractivity contribution in [1.82, 2.24) is 14.9 Å². The van der Waals surface area contributed by atoms with Crippen LogP contribution in [-0.2, 0) is 11.3 Å². The molecule has 0 aliphatic carbocycles. The first-order valence-corrected chi connectivity index (χ1v) is 10.9. The molecular weight excluding hydrogens is 414 g/mol. The van der Waals surface area contributed by atoms with Crippen molar-refractivity contribution in [2.24, 2.45) is 5.73 Å². The Bertz CT molecular complexity index is 1050. The Labute approximate surface area is 184 Å². The van der Waals surface area contributed by atoms with Gasteiger partial charge in [-0.05, 0) is 30.2 Å². The Hall–Kier alpha value is -2.85. The van der Waals surface area contributed by atoms with E-state index in [4.69, 9.17) is 10.5 Å². The van der Waals surface area contributed by atoms with Crippen LogP contribution in [0.2, 0.25) is 0 Å². The van der Waals surface area contributed by atoms with E-state index in [1.54, 1.807) is 25.3 Å². The molecular formula is C22H25N5O3S. The molecule has 1 aliphatic heterocycles. The Balaban J connectivity index is 1.55. The number of primary amides is 1. The predicted molar refractivity (Wildman–Crippen MR) is 120 cm³/mol. The number of benzene rings is 1. The Kier molecular flexibility index (Phi) is 6.57. The largest absolute Gasteiger partial charge is 0.389 e. The van der Waals surface area contributed by atoms with Crippen LogP contribution in [0, 0.1) is 0 Å². The lowest BCUT2D eigenvalue weighted by atomic mass is 10.1. The topological polar surface area (TPSA) is 114 Å². The second-order valence-corrected chi connectivity index (χ2v) is 8.44. The second kappa shape index (κ2) is 9.52. The summed E-state index contributed by atoms with van der Waals surface area (Å²) in [4.78, 5) is 24.1. The number of carbonyl (C=O) groups is 1. The van der Waals surface area contributed by atoms with Crippen LogP contribution in [0.15, 0.2) is 42.6 Å². The molecule has 162 valence electrons. The molecule has 0 bridgehead atoms. The van der Waals surface area contributed by atoms with Gasteiger partial charge >= 0.3 is 0 Å². The number of anilines is 2. The molecule has 1 aromatic carbocycles. The third-order valence-corrected chi connectivity index (χ3v) is 6.19. The van der Waals surface area contributed by atoms with Crippen molar-refractivity contribution in [3.63, 3.8) is 0 Å². The molecule has 1 atom stereocenters. The number of morpholine rings is 1. The van der Waals surface area contributed by atoms with Gasteiger partial charge in [0.25, 0.3) is 5.91 Å². The number of nitrogens with one attached hydrogen (secondary N) is 1. The average Bonchev–Trinajstić information content (AvgIpc) is 3.19. The number of aliphatic hydroxyl groups excluding tert-OH is 1. The molecule has 1 fully saturated rings. The van der Waals surface area contributed by atoms with Crippen LogP contribution in [0.3, 0.4) is 0 Å². The number of rotatable bonds is 7. The minimum atomic E-state index is -0.528. The summed E-state index contributed by atoms with van der Waals surface area (Å²) in [6.45, 7) is 5.52. The van der Waals surface area contributed by atoms with Crippen LogP contribution in [0.25, 0.3) is 10.4 Å². The monoisotopic (exact) mass is 439 g/mol. The van der Waals surface area contributed by atoms with Gasteiger partial charge in [0.2, 0.25) is 0 Å². The average molecular weight is 440 g/mol. The van der Waals surface area contributed by atoms with Crippen molar-refractivity contribution in [2.75, 3.05) is 31.6 Å². The van der Waals surface area contributed by atoms with Crippen molar-refractivity contribution < 1.29 is 14.6 Å². The summed E-state index contributed by atoms with van der Waals surface area (Å²) in [7, 11) is 0. The fourth-order valence-electron chi connectivity index (χ4n) is 3.36. The molecule has 2 aromatic heterocycles. The Morgan fingerprint density at radius 3 is 2.71 bits per heavy atom. The van der Waals surface area contributed by atoms with E-state index < -0.39 is 12.0 Å². The molecule has 4 rings (SSSR count). The second-order valence-electron chi connectivity index (χ2n) is 7.39. The number of thiophene rings is 1. The van der Waals surface area contributed by atoms with Gasteiger partial charge in [-0.25, -0.2) is 9.97 Å². The van der Waals surface area contributed by atoms with Gasteiger partial charge in [0.05, 0.1) is 31.4 Å². The van der Waals surface area contributed by atoms with Crippen LogP contribution >= 0.6 is 11.3 Å². The zero-order chi connectivity index (χ0) is 21.8. The van der Waals surface area contributed by atoms with Crippen molar-refractivity contribution >= 4 is 28.1 Å². The van der Waals surface area contributed by atoms with Gasteiger partial charge in [-0.15, -0.1) is 11.3 Å². The number of nitrogens with zero attached hydrogens (tertiary/aromatic N) is 3. The molecule has 0 radical (unpaired) electrons. The zero-order valence-electron chi connectivity index (χ0n) is 17.2. The zero-order valence-corrected chi connectivity index (χ0v) is 18.1. The summed E-state index contributed by atoms with van der Waals surface area (Å²) in [5.41, 5.74) is 7.81. The Morgan fingerprint density at radius 1 is 1.29 bits per heavy atom. The fraction of sp³-hybridized carbons (Fsp3) is 0.318. The van der Waals surface area contributed by atoms with Gasteiger partial charge in [0.1, 0.15) is 16.6 Å². The van der Waals surface area contributed by atoms with Crippen LogP contribution in [0.5, 0.6) is 0 Å². The lowest BCUT2D eigenvalue weighted by molar-refractivity contribution is 0.0331. The van der Waals surface area contributed by atoms with Gasteiger partial charge in [0, 0.05) is 24.2 Å². The van der Waals surface area contributed by atoms with Gasteiger partial charge in [-0.3, -0.25) is 9.69 Å². The molecule has 0 unspecified atom stereocenters. The maximum absolute atomic E-state index is 12.0. The van der Waals surface area contributed by atoms with E-state index in [2.05, 4.69) is 20.2 Å². The van der Waals surface area contributed by atoms with Crippen molar-refractivity contribution in [1.29, 1.82) is 0 Å². The summed E-state index contributed by atoms with van der Waals surface area (Å²) in [6, 6.07) is 11.1. The summed E-state index contributed by atoms with van der Waals surface area (Å²) in [6.07, 6.45) is 1.18. The highest BCUT2D eigenvalue weighted by molar-refractivity contribution is 7.19. The normalized spacial score (nSPS) is 15.5. The highest BCUT2D eigenvalue weighted by Crippen LogP contribution is 2.37. The molecule has 3 aromatic rings. The molecule has 3 heterocycles. The quantitative estimate of drug-likeness (QED) is 0.519. The smallest absolute Gasteiger partial charge is 0.251 e. The van der Waals surface area contributed by atoms with E-state index >= 15 is 0 Å². The molecule has 1 amide bonds.